The molecule has 1 amide bonds. The lowest BCUT2D eigenvalue weighted by Crippen LogP contribution is -2.48. The van der Waals surface area contributed by atoms with Crippen molar-refractivity contribution in [1.29, 1.82) is 0 Å². The molecule has 1 aliphatic rings. The molecule has 0 saturated carbocycles. The molecule has 1 heterocycles. The van der Waals surface area contributed by atoms with Crippen molar-refractivity contribution in [2.75, 3.05) is 36.4 Å². The highest BCUT2D eigenvalue weighted by atomic mass is 79.9. The number of carbonyl (C=O) groups is 1. The van der Waals surface area contributed by atoms with Gasteiger partial charge in [-0.3, -0.25) is 14.9 Å². The van der Waals surface area contributed by atoms with Gasteiger partial charge in [-0.2, -0.15) is 0 Å². The molecule has 0 radical (unpaired) electrons. The number of anilines is 2. The Hall–Kier alpha value is -3.39. The van der Waals surface area contributed by atoms with Crippen molar-refractivity contribution in [3.05, 3.63) is 98.5 Å². The summed E-state index contributed by atoms with van der Waals surface area (Å²) < 4.78 is 0.877. The van der Waals surface area contributed by atoms with Gasteiger partial charge in [0.15, 0.2) is 0 Å². The lowest BCUT2D eigenvalue weighted by atomic mass is 10.1. The van der Waals surface area contributed by atoms with Gasteiger partial charge < -0.3 is 15.1 Å². The van der Waals surface area contributed by atoms with Crippen LogP contribution in [0.5, 0.6) is 0 Å². The minimum atomic E-state index is -0.363. The summed E-state index contributed by atoms with van der Waals surface area (Å²) in [7, 11) is 0. The van der Waals surface area contributed by atoms with E-state index in [1.807, 2.05) is 72.5 Å². The molecule has 0 aliphatic carbocycles. The highest BCUT2D eigenvalue weighted by Crippen LogP contribution is 2.33. The Morgan fingerprint density at radius 1 is 1.00 bits per heavy atom. The van der Waals surface area contributed by atoms with Gasteiger partial charge in [0.25, 0.3) is 11.6 Å². The summed E-state index contributed by atoms with van der Waals surface area (Å²) >= 11 is 3.42. The molecule has 8 heteroatoms. The first-order chi connectivity index (χ1) is 15.9. The van der Waals surface area contributed by atoms with Gasteiger partial charge in [0.1, 0.15) is 5.69 Å². The molecule has 170 valence electrons. The van der Waals surface area contributed by atoms with Crippen LogP contribution in [0.2, 0.25) is 0 Å². The van der Waals surface area contributed by atoms with Crippen LogP contribution in [0, 0.1) is 10.1 Å². The van der Waals surface area contributed by atoms with Gasteiger partial charge >= 0.3 is 0 Å². The number of carbonyl (C=O) groups excluding carboxylic acids is 1. The molecule has 7 nitrogen and oxygen atoms in total. The van der Waals surface area contributed by atoms with E-state index >= 15 is 0 Å². The van der Waals surface area contributed by atoms with Crippen molar-refractivity contribution in [3.8, 4) is 0 Å². The molecule has 0 spiro atoms. The van der Waals surface area contributed by atoms with Crippen LogP contribution in [0.3, 0.4) is 0 Å². The van der Waals surface area contributed by atoms with Crippen molar-refractivity contribution >= 4 is 38.9 Å². The quantitative estimate of drug-likeness (QED) is 0.351. The molecule has 0 unspecified atom stereocenters. The number of halogens is 1. The van der Waals surface area contributed by atoms with Crippen molar-refractivity contribution < 1.29 is 9.72 Å². The minimum Gasteiger partial charge on any atom is -0.373 e. The topological polar surface area (TPSA) is 78.7 Å². The molecular formula is C25H25BrN4O3. The fourth-order valence-electron chi connectivity index (χ4n) is 4.03. The maximum Gasteiger partial charge on any atom is 0.292 e. The SMILES string of the molecule is C[C@@H](Nc1cc(N2CCN(C(=O)c3cccc(Br)c3)CC2)ccc1[N+](=O)[O-])c1ccccc1. The number of nitrogens with zero attached hydrogens (tertiary/aromatic N) is 3. The summed E-state index contributed by atoms with van der Waals surface area (Å²) in [5.74, 6) is 0.0127. The molecule has 1 aliphatic heterocycles. The molecule has 33 heavy (non-hydrogen) atoms. The first-order valence-corrected chi connectivity index (χ1v) is 11.6. The normalized spacial score (nSPS) is 14.6. The van der Waals surface area contributed by atoms with Crippen LogP contribution in [0.15, 0.2) is 77.3 Å². The van der Waals surface area contributed by atoms with Crippen LogP contribution in [0.4, 0.5) is 17.1 Å². The zero-order valence-corrected chi connectivity index (χ0v) is 19.9. The maximum atomic E-state index is 12.8. The van der Waals surface area contributed by atoms with E-state index in [9.17, 15) is 14.9 Å². The van der Waals surface area contributed by atoms with Crippen LogP contribution in [-0.2, 0) is 0 Å². The molecule has 1 fully saturated rings. The van der Waals surface area contributed by atoms with E-state index in [-0.39, 0.29) is 22.6 Å². The first-order valence-electron chi connectivity index (χ1n) is 10.8. The lowest BCUT2D eigenvalue weighted by Gasteiger charge is -2.36. The minimum absolute atomic E-state index is 0.0127. The van der Waals surface area contributed by atoms with Gasteiger partial charge in [-0.1, -0.05) is 52.3 Å². The number of amides is 1. The van der Waals surface area contributed by atoms with Crippen LogP contribution in [0.1, 0.15) is 28.9 Å². The summed E-state index contributed by atoms with van der Waals surface area (Å²) in [6, 6.07) is 22.3. The number of hydrogen-bond donors (Lipinski definition) is 1. The van der Waals surface area contributed by atoms with Gasteiger partial charge in [-0.05, 0) is 42.8 Å². The lowest BCUT2D eigenvalue weighted by molar-refractivity contribution is -0.384. The zero-order chi connectivity index (χ0) is 23.4. The highest BCUT2D eigenvalue weighted by Gasteiger charge is 2.24. The van der Waals surface area contributed by atoms with E-state index in [1.54, 1.807) is 12.1 Å². The fraction of sp³-hybridized carbons (Fsp3) is 0.240. The van der Waals surface area contributed by atoms with Gasteiger partial charge in [0.05, 0.1) is 4.92 Å². The fourth-order valence-corrected chi connectivity index (χ4v) is 4.42. The molecule has 1 N–H and O–H groups in total. The van der Waals surface area contributed by atoms with Crippen molar-refractivity contribution in [3.63, 3.8) is 0 Å². The predicted molar refractivity (Wildman–Crippen MR) is 134 cm³/mol. The van der Waals surface area contributed by atoms with Crippen LogP contribution in [-0.4, -0.2) is 41.9 Å². The van der Waals surface area contributed by atoms with E-state index in [0.29, 0.717) is 37.4 Å². The highest BCUT2D eigenvalue weighted by molar-refractivity contribution is 9.10. The van der Waals surface area contributed by atoms with E-state index in [1.165, 1.54) is 0 Å². The third kappa shape index (κ3) is 5.34. The van der Waals surface area contributed by atoms with E-state index < -0.39 is 0 Å². The van der Waals surface area contributed by atoms with Crippen LogP contribution < -0.4 is 10.2 Å². The molecular weight excluding hydrogens is 484 g/mol. The smallest absolute Gasteiger partial charge is 0.292 e. The molecule has 0 bridgehead atoms. The Labute approximate surface area is 201 Å². The van der Waals surface area contributed by atoms with Gasteiger partial charge in [-0.25, -0.2) is 0 Å². The van der Waals surface area contributed by atoms with Crippen LogP contribution >= 0.6 is 15.9 Å². The van der Waals surface area contributed by atoms with Gasteiger partial charge in [-0.15, -0.1) is 0 Å². The Bertz CT molecular complexity index is 1150. The maximum absolute atomic E-state index is 12.8. The molecule has 1 saturated heterocycles. The monoisotopic (exact) mass is 508 g/mol. The number of nitrogens with one attached hydrogen (secondary N) is 1. The molecule has 3 aromatic rings. The number of nitro benzene ring substituents is 1. The first kappa shape index (κ1) is 22.8. The Morgan fingerprint density at radius 3 is 2.39 bits per heavy atom. The average molecular weight is 509 g/mol. The largest absolute Gasteiger partial charge is 0.373 e. The number of piperazine rings is 1. The predicted octanol–water partition coefficient (Wildman–Crippen LogP) is 5.49. The van der Waals surface area contributed by atoms with Crippen molar-refractivity contribution in [2.45, 2.75) is 13.0 Å². The summed E-state index contributed by atoms with van der Waals surface area (Å²) in [5, 5.41) is 14.9. The van der Waals surface area contributed by atoms with E-state index in [2.05, 4.69) is 26.1 Å². The number of hydrogen-bond acceptors (Lipinski definition) is 5. The number of rotatable bonds is 6. The van der Waals surface area contributed by atoms with Crippen molar-refractivity contribution in [2.24, 2.45) is 0 Å². The molecule has 3 aromatic carbocycles. The molecule has 1 atom stereocenters. The Balaban J connectivity index is 1.47. The summed E-state index contributed by atoms with van der Waals surface area (Å²) in [6.07, 6.45) is 0. The average Bonchev–Trinajstić information content (AvgIpc) is 2.84. The van der Waals surface area contributed by atoms with E-state index in [4.69, 9.17) is 0 Å². The molecule has 4 rings (SSSR count). The third-order valence-corrected chi connectivity index (χ3v) is 6.35. The second kappa shape index (κ2) is 10.0. The summed E-state index contributed by atoms with van der Waals surface area (Å²) in [6.45, 7) is 4.48. The van der Waals surface area contributed by atoms with Crippen molar-refractivity contribution in [1.82, 2.24) is 4.90 Å². The van der Waals surface area contributed by atoms with Gasteiger partial charge in [0.2, 0.25) is 0 Å². The standard InChI is InChI=1S/C25H25BrN4O3/c1-18(19-6-3-2-4-7-19)27-23-17-22(10-11-24(23)30(32)33)28-12-14-29(15-13-28)25(31)20-8-5-9-21(26)16-20/h2-11,16-18,27H,12-15H2,1H3/t18-/m1/s1. The second-order valence-corrected chi connectivity index (χ2v) is 8.94. The Kier molecular flexibility index (Phi) is 6.93. The zero-order valence-electron chi connectivity index (χ0n) is 18.3. The van der Waals surface area contributed by atoms with Gasteiger partial charge in [0, 0.05) is 54.0 Å². The number of benzene rings is 3. The van der Waals surface area contributed by atoms with Crippen LogP contribution in [0.25, 0.3) is 0 Å². The molecule has 0 aromatic heterocycles. The Morgan fingerprint density at radius 2 is 1.73 bits per heavy atom. The number of nitro groups is 1. The summed E-state index contributed by atoms with van der Waals surface area (Å²) in [4.78, 5) is 28.1. The summed E-state index contributed by atoms with van der Waals surface area (Å²) in [5.41, 5.74) is 3.15. The second-order valence-electron chi connectivity index (χ2n) is 8.02. The van der Waals surface area contributed by atoms with E-state index in [0.717, 1.165) is 15.7 Å². The third-order valence-electron chi connectivity index (χ3n) is 5.85.